The fourth-order valence-electron chi connectivity index (χ4n) is 5.05. The maximum atomic E-state index is 12.9. The number of pyridine rings is 1. The van der Waals surface area contributed by atoms with E-state index in [0.717, 1.165) is 22.3 Å². The van der Waals surface area contributed by atoms with Crippen LogP contribution >= 0.6 is 0 Å². The minimum absolute atomic E-state index is 0.0420. The number of hydrogen-bond donors (Lipinski definition) is 1. The maximum absolute atomic E-state index is 12.9. The van der Waals surface area contributed by atoms with Gasteiger partial charge in [-0.15, -0.1) is 0 Å². The Morgan fingerprint density at radius 1 is 1.16 bits per heavy atom. The number of amides is 1. The van der Waals surface area contributed by atoms with E-state index < -0.39 is 5.60 Å². The predicted octanol–water partition coefficient (Wildman–Crippen LogP) is 2.15. The summed E-state index contributed by atoms with van der Waals surface area (Å²) in [6.45, 7) is 3.63. The zero-order valence-corrected chi connectivity index (χ0v) is 20.3. The molecule has 2 aliphatic heterocycles. The Morgan fingerprint density at radius 3 is 2.68 bits per heavy atom. The van der Waals surface area contributed by atoms with Crippen LogP contribution in [0.1, 0.15) is 12.5 Å². The Kier molecular flexibility index (Phi) is 5.59. The van der Waals surface area contributed by atoms with Gasteiger partial charge in [0.25, 0.3) is 5.91 Å². The molecule has 3 aromatic heterocycles. The van der Waals surface area contributed by atoms with Crippen molar-refractivity contribution in [3.8, 4) is 23.0 Å². The van der Waals surface area contributed by atoms with Gasteiger partial charge >= 0.3 is 0 Å². The first-order chi connectivity index (χ1) is 18.0. The van der Waals surface area contributed by atoms with E-state index in [1.165, 1.54) is 6.33 Å². The first-order valence-corrected chi connectivity index (χ1v) is 12.1. The largest absolute Gasteiger partial charge is 0.376 e. The molecular weight excluding hydrogens is 470 g/mol. The highest BCUT2D eigenvalue weighted by Gasteiger charge is 2.48. The Morgan fingerprint density at radius 2 is 1.97 bits per heavy atom. The summed E-state index contributed by atoms with van der Waals surface area (Å²) in [5, 5.41) is 20.8. The van der Waals surface area contributed by atoms with Crippen molar-refractivity contribution in [2.45, 2.75) is 18.6 Å². The van der Waals surface area contributed by atoms with E-state index in [1.807, 2.05) is 48.0 Å². The number of fused-ring (bicyclic) bond motifs is 1. The molecule has 4 aromatic rings. The lowest BCUT2D eigenvalue weighted by atomic mass is 9.98. The molecule has 0 radical (unpaired) electrons. The van der Waals surface area contributed by atoms with Gasteiger partial charge in [0, 0.05) is 43.6 Å². The van der Waals surface area contributed by atoms with Gasteiger partial charge in [0.15, 0.2) is 11.2 Å². The first-order valence-electron chi connectivity index (χ1n) is 12.1. The summed E-state index contributed by atoms with van der Waals surface area (Å²) in [6, 6.07) is 15.5. The zero-order chi connectivity index (χ0) is 25.6. The third-order valence-electron chi connectivity index (χ3n) is 7.04. The summed E-state index contributed by atoms with van der Waals surface area (Å²) in [4.78, 5) is 30.6. The summed E-state index contributed by atoms with van der Waals surface area (Å²) in [5.41, 5.74) is 1.73. The number of aromatic nitrogens is 4. The smallest absolute Gasteiger partial charge is 0.259 e. The summed E-state index contributed by atoms with van der Waals surface area (Å²) in [7, 11) is 0. The topological polar surface area (TPSA) is 120 Å². The van der Waals surface area contributed by atoms with Crippen LogP contribution in [-0.2, 0) is 9.53 Å². The number of carbonyl (C=O) groups excluding carboxylic acids is 1. The highest BCUT2D eigenvalue weighted by Crippen LogP contribution is 2.37. The molecule has 0 spiro atoms. The van der Waals surface area contributed by atoms with Crippen molar-refractivity contribution in [3.05, 3.63) is 66.7 Å². The number of piperazine rings is 1. The van der Waals surface area contributed by atoms with E-state index in [-0.39, 0.29) is 25.2 Å². The van der Waals surface area contributed by atoms with Gasteiger partial charge in [-0.3, -0.25) is 9.36 Å². The van der Waals surface area contributed by atoms with Gasteiger partial charge in [-0.25, -0.2) is 15.0 Å². The van der Waals surface area contributed by atoms with E-state index in [9.17, 15) is 15.2 Å². The summed E-state index contributed by atoms with van der Waals surface area (Å²) in [6.07, 6.45) is 5.13. The van der Waals surface area contributed by atoms with Crippen molar-refractivity contribution in [3.63, 3.8) is 0 Å². The summed E-state index contributed by atoms with van der Waals surface area (Å²) < 4.78 is 6.97. The average molecular weight is 496 g/mol. The van der Waals surface area contributed by atoms with Gasteiger partial charge in [0.2, 0.25) is 0 Å². The van der Waals surface area contributed by atoms with Crippen LogP contribution in [0.4, 0.5) is 5.82 Å². The lowest BCUT2D eigenvalue weighted by Crippen LogP contribution is -2.65. The van der Waals surface area contributed by atoms with Crippen molar-refractivity contribution in [1.29, 1.82) is 5.26 Å². The van der Waals surface area contributed by atoms with E-state index in [4.69, 9.17) is 9.72 Å². The van der Waals surface area contributed by atoms with Crippen molar-refractivity contribution < 1.29 is 14.6 Å². The van der Waals surface area contributed by atoms with E-state index in [0.29, 0.717) is 36.7 Å². The molecule has 6 rings (SSSR count). The highest BCUT2D eigenvalue weighted by molar-refractivity contribution is 6.02. The van der Waals surface area contributed by atoms with Crippen LogP contribution in [0.3, 0.4) is 0 Å². The fourth-order valence-corrected chi connectivity index (χ4v) is 5.05. The molecule has 1 amide bonds. The molecule has 1 unspecified atom stereocenters. The Bertz CT molecular complexity index is 1520. The van der Waals surface area contributed by atoms with Crippen LogP contribution < -0.4 is 4.90 Å². The molecule has 1 aromatic carbocycles. The van der Waals surface area contributed by atoms with E-state index in [2.05, 4.69) is 20.9 Å². The molecule has 10 heteroatoms. The zero-order valence-electron chi connectivity index (χ0n) is 20.3. The number of rotatable bonds is 4. The van der Waals surface area contributed by atoms with Crippen LogP contribution in [0, 0.1) is 11.3 Å². The third-order valence-corrected chi connectivity index (χ3v) is 7.04. The second-order valence-electron chi connectivity index (χ2n) is 9.51. The molecule has 1 atom stereocenters. The minimum Gasteiger partial charge on any atom is -0.376 e. The number of carbonyl (C=O) groups is 1. The number of aliphatic hydroxyl groups is 1. The average Bonchev–Trinajstić information content (AvgIpc) is 3.32. The first kappa shape index (κ1) is 23.1. The predicted molar refractivity (Wildman–Crippen MR) is 136 cm³/mol. The van der Waals surface area contributed by atoms with Gasteiger partial charge in [0.05, 0.1) is 30.2 Å². The molecule has 186 valence electrons. The summed E-state index contributed by atoms with van der Waals surface area (Å²) in [5.74, 6) is 1.08. The van der Waals surface area contributed by atoms with Gasteiger partial charge in [-0.2, -0.15) is 5.26 Å². The quantitative estimate of drug-likeness (QED) is 0.457. The Labute approximate surface area is 213 Å². The van der Waals surface area contributed by atoms with Crippen molar-refractivity contribution >= 4 is 22.8 Å². The molecule has 0 saturated carbocycles. The number of anilines is 1. The molecule has 0 aliphatic carbocycles. The molecule has 2 saturated heterocycles. The second-order valence-corrected chi connectivity index (χ2v) is 9.51. The van der Waals surface area contributed by atoms with Gasteiger partial charge in [-0.05, 0) is 24.6 Å². The van der Waals surface area contributed by atoms with Crippen LogP contribution in [0.25, 0.3) is 28.0 Å². The summed E-state index contributed by atoms with van der Waals surface area (Å²) >= 11 is 0. The van der Waals surface area contributed by atoms with Crippen LogP contribution in [-0.4, -0.2) is 79.9 Å². The molecule has 2 aliphatic rings. The molecule has 37 heavy (non-hydrogen) atoms. The number of hydrogen-bond acceptors (Lipinski definition) is 8. The van der Waals surface area contributed by atoms with E-state index >= 15 is 0 Å². The van der Waals surface area contributed by atoms with Crippen LogP contribution in [0.5, 0.6) is 0 Å². The minimum atomic E-state index is -1.42. The lowest BCUT2D eigenvalue weighted by Gasteiger charge is -2.45. The third kappa shape index (κ3) is 3.89. The Balaban J connectivity index is 1.43. The molecule has 10 nitrogen and oxygen atoms in total. The molecule has 2 fully saturated rings. The van der Waals surface area contributed by atoms with Gasteiger partial charge < -0.3 is 19.6 Å². The maximum Gasteiger partial charge on any atom is 0.259 e. The van der Waals surface area contributed by atoms with Gasteiger partial charge in [-0.1, -0.05) is 30.3 Å². The Hall–Kier alpha value is -4.33. The normalized spacial score (nSPS) is 18.9. The van der Waals surface area contributed by atoms with Crippen molar-refractivity contribution in [2.24, 2.45) is 0 Å². The highest BCUT2D eigenvalue weighted by atomic mass is 16.5. The van der Waals surface area contributed by atoms with Crippen molar-refractivity contribution in [2.75, 3.05) is 37.7 Å². The monoisotopic (exact) mass is 495 g/mol. The lowest BCUT2D eigenvalue weighted by molar-refractivity contribution is -0.202. The number of ether oxygens (including phenoxy) is 1. The van der Waals surface area contributed by atoms with Gasteiger partial charge in [0.1, 0.15) is 18.0 Å². The van der Waals surface area contributed by atoms with E-state index in [1.54, 1.807) is 23.2 Å². The molecule has 0 bridgehead atoms. The van der Waals surface area contributed by atoms with Crippen LogP contribution in [0.15, 0.2) is 61.2 Å². The van der Waals surface area contributed by atoms with Crippen molar-refractivity contribution in [1.82, 2.24) is 24.4 Å². The SMILES string of the molecule is CC1CN(c2ncnc3c2c(-c2ccccc2)cn3-c2cc(C#N)ccn2)CCN1C(=O)C1(O)COC1. The standard InChI is InChI=1S/C27H25N7O3/c1-18-13-32(9-10-33(18)26(35)27(36)15-37-16-27)24-23-21(20-5-3-2-4-6-20)14-34(25(23)31-17-30-24)22-11-19(12-28)7-8-29-22/h2-8,11,14,17-18,36H,9-10,13,15-16H2,1H3. The number of benzene rings is 1. The fraction of sp³-hybridized carbons (Fsp3) is 0.296. The molecule has 5 heterocycles. The van der Waals surface area contributed by atoms with Crippen LogP contribution in [0.2, 0.25) is 0 Å². The second kappa shape index (κ2) is 8.96. The molecular formula is C27H25N7O3. The molecule has 1 N–H and O–H groups in total. The number of nitrogens with zero attached hydrogens (tertiary/aromatic N) is 7. The number of nitriles is 1.